The van der Waals surface area contributed by atoms with Crippen molar-refractivity contribution in [3.05, 3.63) is 47.8 Å². The van der Waals surface area contributed by atoms with E-state index in [0.717, 1.165) is 84.1 Å². The summed E-state index contributed by atoms with van der Waals surface area (Å²) in [6, 6.07) is 9.12. The topological polar surface area (TPSA) is 57.1 Å². The first kappa shape index (κ1) is 22.4. The Kier molecular flexibility index (Phi) is 6.40. The molecule has 5 rings (SSSR count). The zero-order valence-corrected chi connectivity index (χ0v) is 19.9. The number of piperidine rings is 1. The Bertz CT molecular complexity index is 934. The lowest BCUT2D eigenvalue weighted by atomic mass is 9.72. The molecule has 1 aromatic carbocycles. The van der Waals surface area contributed by atoms with E-state index < -0.39 is 0 Å². The summed E-state index contributed by atoms with van der Waals surface area (Å²) in [6.45, 7) is 9.69. The van der Waals surface area contributed by atoms with Gasteiger partial charge in [-0.05, 0) is 29.4 Å². The monoisotopic (exact) mass is 452 g/mol. The number of nitrogens with zero attached hydrogens (tertiary/aromatic N) is 6. The Morgan fingerprint density at radius 3 is 2.15 bits per heavy atom. The van der Waals surface area contributed by atoms with Gasteiger partial charge in [-0.1, -0.05) is 24.3 Å². The molecule has 178 valence electrons. The molecule has 1 amide bonds. The van der Waals surface area contributed by atoms with Gasteiger partial charge in [0.05, 0.1) is 31.3 Å². The number of likely N-dealkylation sites (tertiary alicyclic amines) is 2. The van der Waals surface area contributed by atoms with Gasteiger partial charge in [0, 0.05) is 66.5 Å². The van der Waals surface area contributed by atoms with Crippen molar-refractivity contribution in [3.8, 4) is 0 Å². The summed E-state index contributed by atoms with van der Waals surface area (Å²) < 4.78 is 6.92. The van der Waals surface area contributed by atoms with Crippen molar-refractivity contribution in [3.63, 3.8) is 0 Å². The van der Waals surface area contributed by atoms with Gasteiger partial charge in [-0.2, -0.15) is 9.78 Å². The molecule has 2 aromatic rings. The lowest BCUT2D eigenvalue weighted by Gasteiger charge is -2.54. The first-order chi connectivity index (χ1) is 16.0. The lowest BCUT2D eigenvalue weighted by molar-refractivity contribution is -0.0443. The number of amides is 1. The number of carbonyl (C=O) groups is 1. The van der Waals surface area contributed by atoms with E-state index in [9.17, 15) is 4.79 Å². The van der Waals surface area contributed by atoms with E-state index in [1.54, 1.807) is 6.20 Å². The molecule has 0 saturated carbocycles. The van der Waals surface area contributed by atoms with Crippen LogP contribution in [0.5, 0.6) is 0 Å². The number of benzene rings is 1. The van der Waals surface area contributed by atoms with E-state index in [4.69, 9.17) is 4.74 Å². The molecule has 4 heterocycles. The smallest absolute Gasteiger partial charge is 0.344 e. The Labute approximate surface area is 196 Å². The van der Waals surface area contributed by atoms with Crippen molar-refractivity contribution >= 4 is 11.7 Å². The molecule has 0 bridgehead atoms. The molecule has 0 radical (unpaired) electrons. The summed E-state index contributed by atoms with van der Waals surface area (Å²) in [5.74, 6) is 0. The normalized spacial score (nSPS) is 21.2. The molecule has 8 heteroatoms. The van der Waals surface area contributed by atoms with Gasteiger partial charge in [0.2, 0.25) is 0 Å². The van der Waals surface area contributed by atoms with E-state index in [1.165, 1.54) is 15.8 Å². The second-order valence-electron chi connectivity index (χ2n) is 10.2. The van der Waals surface area contributed by atoms with Crippen LogP contribution < -0.4 is 4.90 Å². The largest absolute Gasteiger partial charge is 0.379 e. The maximum absolute atomic E-state index is 12.8. The quantitative estimate of drug-likeness (QED) is 0.694. The van der Waals surface area contributed by atoms with E-state index in [-0.39, 0.29) is 6.03 Å². The van der Waals surface area contributed by atoms with Gasteiger partial charge in [-0.25, -0.2) is 4.79 Å². The van der Waals surface area contributed by atoms with Gasteiger partial charge in [0.15, 0.2) is 0 Å². The predicted molar refractivity (Wildman–Crippen MR) is 128 cm³/mol. The Morgan fingerprint density at radius 1 is 0.970 bits per heavy atom. The van der Waals surface area contributed by atoms with Crippen LogP contribution in [0.15, 0.2) is 36.7 Å². The van der Waals surface area contributed by atoms with E-state index >= 15 is 0 Å². The minimum Gasteiger partial charge on any atom is -0.379 e. The van der Waals surface area contributed by atoms with Crippen molar-refractivity contribution in [2.45, 2.75) is 25.9 Å². The highest BCUT2D eigenvalue weighted by atomic mass is 16.5. The van der Waals surface area contributed by atoms with Crippen LogP contribution in [0.1, 0.15) is 24.0 Å². The van der Waals surface area contributed by atoms with Gasteiger partial charge in [-0.15, -0.1) is 0 Å². The summed E-state index contributed by atoms with van der Waals surface area (Å²) in [6.07, 6.45) is 5.71. The Balaban J connectivity index is 1.07. The number of anilines is 1. The molecule has 3 saturated heterocycles. The number of hydrogen-bond acceptors (Lipinski definition) is 6. The molecular weight excluding hydrogens is 416 g/mol. The van der Waals surface area contributed by atoms with Crippen molar-refractivity contribution in [1.29, 1.82) is 0 Å². The van der Waals surface area contributed by atoms with Crippen LogP contribution in [-0.2, 0) is 17.8 Å². The molecule has 3 fully saturated rings. The zero-order valence-electron chi connectivity index (χ0n) is 19.9. The Morgan fingerprint density at radius 2 is 1.58 bits per heavy atom. The van der Waals surface area contributed by atoms with Crippen LogP contribution in [-0.4, -0.2) is 97.1 Å². The molecule has 0 N–H and O–H groups in total. The highest BCUT2D eigenvalue weighted by Gasteiger charge is 2.45. The first-order valence-electron chi connectivity index (χ1n) is 12.1. The molecule has 0 atom stereocenters. The molecule has 0 aliphatic carbocycles. The first-order valence-corrected chi connectivity index (χ1v) is 12.1. The summed E-state index contributed by atoms with van der Waals surface area (Å²) in [7, 11) is 3.91. The fourth-order valence-corrected chi connectivity index (χ4v) is 5.32. The fourth-order valence-electron chi connectivity index (χ4n) is 5.32. The number of rotatable bonds is 5. The van der Waals surface area contributed by atoms with Crippen LogP contribution in [0.3, 0.4) is 0 Å². The van der Waals surface area contributed by atoms with Gasteiger partial charge >= 0.3 is 6.03 Å². The van der Waals surface area contributed by atoms with Crippen LogP contribution in [0.2, 0.25) is 0 Å². The van der Waals surface area contributed by atoms with Crippen LogP contribution in [0.4, 0.5) is 10.5 Å². The van der Waals surface area contributed by atoms with E-state index in [2.05, 4.69) is 39.2 Å². The number of aromatic nitrogens is 2. The molecule has 8 nitrogen and oxygen atoms in total. The number of hydrogen-bond donors (Lipinski definition) is 0. The fraction of sp³-hybridized carbons (Fsp3) is 0.600. The third-order valence-corrected chi connectivity index (χ3v) is 7.43. The van der Waals surface area contributed by atoms with Gasteiger partial charge in [-0.3, -0.25) is 9.80 Å². The van der Waals surface area contributed by atoms with Gasteiger partial charge in [0.1, 0.15) is 0 Å². The second-order valence-corrected chi connectivity index (χ2v) is 10.2. The van der Waals surface area contributed by atoms with Crippen molar-refractivity contribution in [2.75, 3.05) is 71.5 Å². The highest BCUT2D eigenvalue weighted by Crippen LogP contribution is 2.41. The molecule has 1 aromatic heterocycles. The highest BCUT2D eigenvalue weighted by molar-refractivity contribution is 5.77. The molecule has 1 spiro atoms. The maximum atomic E-state index is 12.8. The minimum absolute atomic E-state index is 0.00806. The summed E-state index contributed by atoms with van der Waals surface area (Å²) in [5, 5.41) is 4.25. The summed E-state index contributed by atoms with van der Waals surface area (Å²) in [4.78, 5) is 21.7. The minimum atomic E-state index is -0.00806. The average Bonchev–Trinajstić information content (AvgIpc) is 3.31. The molecule has 0 unspecified atom stereocenters. The number of carbonyl (C=O) groups excluding carboxylic acids is 1. The summed E-state index contributed by atoms with van der Waals surface area (Å²) in [5.41, 5.74) is 4.10. The van der Waals surface area contributed by atoms with Crippen LogP contribution in [0.25, 0.3) is 0 Å². The zero-order chi connectivity index (χ0) is 22.8. The SMILES string of the molecule is CN(C)c1cnn(C(=O)N2CCC3(CC2)CN(Cc2ccc(CN4CCOCC4)cc2)C3)c1. The van der Waals surface area contributed by atoms with Gasteiger partial charge < -0.3 is 14.5 Å². The second kappa shape index (κ2) is 9.44. The van der Waals surface area contributed by atoms with E-state index in [0.29, 0.717) is 5.41 Å². The van der Waals surface area contributed by atoms with Crippen molar-refractivity contribution < 1.29 is 9.53 Å². The number of ether oxygens (including phenoxy) is 1. The summed E-state index contributed by atoms with van der Waals surface area (Å²) >= 11 is 0. The van der Waals surface area contributed by atoms with E-state index in [1.807, 2.05) is 30.1 Å². The predicted octanol–water partition coefficient (Wildman–Crippen LogP) is 2.35. The maximum Gasteiger partial charge on any atom is 0.344 e. The van der Waals surface area contributed by atoms with Crippen molar-refractivity contribution in [1.82, 2.24) is 24.5 Å². The van der Waals surface area contributed by atoms with Gasteiger partial charge in [0.25, 0.3) is 0 Å². The van der Waals surface area contributed by atoms with Crippen LogP contribution >= 0.6 is 0 Å². The number of morpholine rings is 1. The van der Waals surface area contributed by atoms with Crippen molar-refractivity contribution in [2.24, 2.45) is 5.41 Å². The van der Waals surface area contributed by atoms with Crippen LogP contribution in [0, 0.1) is 5.41 Å². The third kappa shape index (κ3) is 5.08. The standard InChI is InChI=1S/C25H36N6O2/c1-27(2)23-15-26-31(18-23)24(32)30-9-7-25(8-10-30)19-29(20-25)17-22-5-3-21(4-6-22)16-28-11-13-33-14-12-28/h3-6,15,18H,7-14,16-17,19-20H2,1-2H3. The molecule has 3 aliphatic heterocycles. The Hall–Kier alpha value is -2.42. The molecule has 33 heavy (non-hydrogen) atoms. The molecule has 3 aliphatic rings. The molecular formula is C25H36N6O2. The average molecular weight is 453 g/mol. The third-order valence-electron chi connectivity index (χ3n) is 7.43. The lowest BCUT2D eigenvalue weighted by Crippen LogP contribution is -2.60.